The topological polar surface area (TPSA) is 63.6 Å². The summed E-state index contributed by atoms with van der Waals surface area (Å²) < 4.78 is 0. The second-order valence-corrected chi connectivity index (χ2v) is 4.47. The second-order valence-electron chi connectivity index (χ2n) is 4.47. The van der Waals surface area contributed by atoms with Crippen LogP contribution in [0.3, 0.4) is 0 Å². The molecule has 0 saturated carbocycles. The van der Waals surface area contributed by atoms with E-state index in [1.54, 1.807) is 24.7 Å². The van der Waals surface area contributed by atoms with Crippen molar-refractivity contribution in [2.75, 3.05) is 6.54 Å². The lowest BCUT2D eigenvalue weighted by atomic mass is 10.2. The minimum absolute atomic E-state index is 0.559. The van der Waals surface area contributed by atoms with Crippen molar-refractivity contribution in [3.63, 3.8) is 0 Å². The van der Waals surface area contributed by atoms with Gasteiger partial charge in [-0.15, -0.1) is 0 Å². The van der Waals surface area contributed by atoms with E-state index < -0.39 is 0 Å². The molecule has 0 aliphatic rings. The quantitative estimate of drug-likeness (QED) is 0.865. The smallest absolute Gasteiger partial charge is 0.197 e. The first-order valence-electron chi connectivity index (χ1n) is 6.05. The van der Waals surface area contributed by atoms with E-state index in [0.717, 1.165) is 18.8 Å². The van der Waals surface area contributed by atoms with Gasteiger partial charge in [0.2, 0.25) is 0 Å². The lowest BCUT2D eigenvalue weighted by Gasteiger charge is -2.07. The summed E-state index contributed by atoms with van der Waals surface area (Å²) in [7, 11) is 0. The van der Waals surface area contributed by atoms with E-state index in [9.17, 15) is 0 Å². The minimum Gasteiger partial charge on any atom is -0.311 e. The van der Waals surface area contributed by atoms with E-state index in [1.165, 1.54) is 0 Å². The summed E-state index contributed by atoms with van der Waals surface area (Å²) in [6.07, 6.45) is 5.12. The van der Waals surface area contributed by atoms with E-state index in [-0.39, 0.29) is 0 Å². The number of rotatable bonds is 5. The molecular weight excluding hydrogens is 226 g/mol. The predicted octanol–water partition coefficient (Wildman–Crippen LogP) is 1.68. The maximum atomic E-state index is 4.44. The molecule has 5 nitrogen and oxygen atoms in total. The van der Waals surface area contributed by atoms with Crippen molar-refractivity contribution in [2.45, 2.75) is 20.4 Å². The summed E-state index contributed by atoms with van der Waals surface area (Å²) in [6.45, 7) is 6.06. The highest BCUT2D eigenvalue weighted by Gasteiger charge is 2.04. The van der Waals surface area contributed by atoms with Gasteiger partial charge in [-0.05, 0) is 24.6 Å². The molecule has 2 rings (SSSR count). The lowest BCUT2D eigenvalue weighted by molar-refractivity contribution is 0.548. The Labute approximate surface area is 107 Å². The number of nitrogens with one attached hydrogen (secondary N) is 1. The molecule has 1 N–H and O–H groups in total. The Morgan fingerprint density at radius 1 is 1.06 bits per heavy atom. The standard InChI is InChI=1S/C13H17N5/c1-10(2)8-14-9-11-4-7-17-13(18-11)12-15-5-3-6-16-12/h3-7,10,14H,8-9H2,1-2H3. The number of aromatic nitrogens is 4. The molecule has 2 aromatic rings. The molecule has 0 saturated heterocycles. The van der Waals surface area contributed by atoms with E-state index in [2.05, 4.69) is 39.1 Å². The van der Waals surface area contributed by atoms with E-state index >= 15 is 0 Å². The number of hydrogen-bond donors (Lipinski definition) is 1. The first-order valence-corrected chi connectivity index (χ1v) is 6.05. The Kier molecular flexibility index (Phi) is 4.30. The van der Waals surface area contributed by atoms with Gasteiger partial charge in [0.1, 0.15) is 0 Å². The third kappa shape index (κ3) is 3.56. The van der Waals surface area contributed by atoms with Crippen molar-refractivity contribution in [1.29, 1.82) is 0 Å². The van der Waals surface area contributed by atoms with Crippen molar-refractivity contribution in [1.82, 2.24) is 25.3 Å². The fourth-order valence-electron chi connectivity index (χ4n) is 1.51. The average Bonchev–Trinajstić information content (AvgIpc) is 2.40. The molecule has 0 atom stereocenters. The van der Waals surface area contributed by atoms with Crippen LogP contribution in [0.25, 0.3) is 11.6 Å². The molecule has 5 heteroatoms. The molecule has 0 radical (unpaired) electrons. The molecule has 2 aromatic heterocycles. The molecule has 0 amide bonds. The Balaban J connectivity index is 2.06. The summed E-state index contributed by atoms with van der Waals surface area (Å²) in [5.41, 5.74) is 0.952. The van der Waals surface area contributed by atoms with Crippen molar-refractivity contribution in [3.05, 3.63) is 36.4 Å². The zero-order valence-electron chi connectivity index (χ0n) is 10.7. The van der Waals surface area contributed by atoms with Gasteiger partial charge in [-0.3, -0.25) is 0 Å². The van der Waals surface area contributed by atoms with Crippen molar-refractivity contribution >= 4 is 0 Å². The summed E-state index contributed by atoms with van der Waals surface area (Å²) in [6, 6.07) is 3.68. The fraction of sp³-hybridized carbons (Fsp3) is 0.385. The lowest BCUT2D eigenvalue weighted by Crippen LogP contribution is -2.19. The highest BCUT2D eigenvalue weighted by atomic mass is 15.0. The second kappa shape index (κ2) is 6.16. The zero-order chi connectivity index (χ0) is 12.8. The van der Waals surface area contributed by atoms with Crippen molar-refractivity contribution < 1.29 is 0 Å². The molecule has 0 aromatic carbocycles. The monoisotopic (exact) mass is 243 g/mol. The highest BCUT2D eigenvalue weighted by molar-refractivity contribution is 5.41. The first kappa shape index (κ1) is 12.6. The van der Waals surface area contributed by atoms with Gasteiger partial charge in [-0.25, -0.2) is 19.9 Å². The van der Waals surface area contributed by atoms with Gasteiger partial charge in [0.15, 0.2) is 11.6 Å². The minimum atomic E-state index is 0.559. The third-order valence-corrected chi connectivity index (χ3v) is 2.34. The van der Waals surface area contributed by atoms with Crippen LogP contribution in [0.5, 0.6) is 0 Å². The zero-order valence-corrected chi connectivity index (χ0v) is 10.7. The van der Waals surface area contributed by atoms with E-state index in [1.807, 2.05) is 6.07 Å². The molecule has 0 unspecified atom stereocenters. The molecule has 0 bridgehead atoms. The largest absolute Gasteiger partial charge is 0.311 e. The Bertz CT molecular complexity index is 484. The maximum absolute atomic E-state index is 4.44. The van der Waals surface area contributed by atoms with Crippen LogP contribution in [0.1, 0.15) is 19.5 Å². The molecule has 0 fully saturated rings. The molecule has 0 spiro atoms. The number of hydrogen-bond acceptors (Lipinski definition) is 5. The van der Waals surface area contributed by atoms with Crippen LogP contribution in [0.4, 0.5) is 0 Å². The van der Waals surface area contributed by atoms with Crippen LogP contribution in [0.2, 0.25) is 0 Å². The van der Waals surface area contributed by atoms with Crippen LogP contribution >= 0.6 is 0 Å². The maximum Gasteiger partial charge on any atom is 0.197 e. The molecule has 0 aliphatic heterocycles. The molecular formula is C13H17N5. The van der Waals surface area contributed by atoms with E-state index in [4.69, 9.17) is 0 Å². The van der Waals surface area contributed by atoms with Crippen LogP contribution in [0, 0.1) is 5.92 Å². The highest BCUT2D eigenvalue weighted by Crippen LogP contribution is 2.07. The Morgan fingerprint density at radius 2 is 1.78 bits per heavy atom. The fourth-order valence-corrected chi connectivity index (χ4v) is 1.51. The van der Waals surface area contributed by atoms with Crippen molar-refractivity contribution in [2.24, 2.45) is 5.92 Å². The average molecular weight is 243 g/mol. The summed E-state index contributed by atoms with van der Waals surface area (Å²) in [5, 5.41) is 3.35. The van der Waals surface area contributed by atoms with Gasteiger partial charge in [0, 0.05) is 25.1 Å². The Hall–Kier alpha value is -1.88. The van der Waals surface area contributed by atoms with Crippen molar-refractivity contribution in [3.8, 4) is 11.6 Å². The molecule has 18 heavy (non-hydrogen) atoms. The molecule has 2 heterocycles. The third-order valence-electron chi connectivity index (χ3n) is 2.34. The SMILES string of the molecule is CC(C)CNCc1ccnc(-c2ncccn2)n1. The predicted molar refractivity (Wildman–Crippen MR) is 69.6 cm³/mol. The van der Waals surface area contributed by atoms with Gasteiger partial charge < -0.3 is 5.32 Å². The molecule has 0 aliphatic carbocycles. The van der Waals surface area contributed by atoms with Gasteiger partial charge in [-0.1, -0.05) is 13.8 Å². The van der Waals surface area contributed by atoms with Gasteiger partial charge >= 0.3 is 0 Å². The summed E-state index contributed by atoms with van der Waals surface area (Å²) >= 11 is 0. The van der Waals surface area contributed by atoms with Crippen LogP contribution in [-0.4, -0.2) is 26.5 Å². The van der Waals surface area contributed by atoms with Crippen LogP contribution < -0.4 is 5.32 Å². The number of nitrogens with zero attached hydrogens (tertiary/aromatic N) is 4. The molecule has 94 valence electrons. The first-order chi connectivity index (χ1) is 8.75. The van der Waals surface area contributed by atoms with E-state index in [0.29, 0.717) is 17.6 Å². The summed E-state index contributed by atoms with van der Waals surface area (Å²) in [4.78, 5) is 16.9. The van der Waals surface area contributed by atoms with Crippen LogP contribution in [-0.2, 0) is 6.54 Å². The Morgan fingerprint density at radius 3 is 2.50 bits per heavy atom. The summed E-state index contributed by atoms with van der Waals surface area (Å²) in [5.74, 6) is 1.76. The van der Waals surface area contributed by atoms with Gasteiger partial charge in [0.25, 0.3) is 0 Å². The van der Waals surface area contributed by atoms with Crippen LogP contribution in [0.15, 0.2) is 30.7 Å². The normalized spacial score (nSPS) is 10.8. The van der Waals surface area contributed by atoms with Gasteiger partial charge in [-0.2, -0.15) is 0 Å². The van der Waals surface area contributed by atoms with Gasteiger partial charge in [0.05, 0.1) is 5.69 Å².